The number of nitrogens with one attached hydrogen (secondary N) is 1. The average Bonchev–Trinajstić information content (AvgIpc) is 2.69. The molecule has 3 rings (SSSR count). The van der Waals surface area contributed by atoms with Gasteiger partial charge < -0.3 is 5.32 Å². The Balaban J connectivity index is 1.67. The summed E-state index contributed by atoms with van der Waals surface area (Å²) < 4.78 is 41.2. The first-order chi connectivity index (χ1) is 13.0. The lowest BCUT2D eigenvalue weighted by Gasteiger charge is -2.06. The van der Waals surface area contributed by atoms with Gasteiger partial charge in [-0.2, -0.15) is 4.57 Å². The zero-order valence-electron chi connectivity index (χ0n) is 14.0. The Labute approximate surface area is 152 Å². The monoisotopic (exact) mass is 371 g/mol. The number of rotatable bonds is 5. The molecule has 4 nitrogen and oxygen atoms in total. The van der Waals surface area contributed by atoms with Gasteiger partial charge in [-0.25, -0.2) is 13.2 Å². The summed E-state index contributed by atoms with van der Waals surface area (Å²) in [4.78, 5) is 24.3. The molecule has 1 N–H and O–H groups in total. The van der Waals surface area contributed by atoms with Crippen molar-refractivity contribution >= 4 is 17.4 Å². The Kier molecular flexibility index (Phi) is 5.30. The smallest absolute Gasteiger partial charge is 0.290 e. The Bertz CT molecular complexity index is 990. The summed E-state index contributed by atoms with van der Waals surface area (Å²) in [5.41, 5.74) is 0.543. The number of halogens is 3. The van der Waals surface area contributed by atoms with Crippen LogP contribution < -0.4 is 9.88 Å². The fraction of sp³-hybridized carbons (Fsp3) is 0.0500. The van der Waals surface area contributed by atoms with Gasteiger partial charge >= 0.3 is 0 Å². The lowest BCUT2D eigenvalue weighted by Crippen LogP contribution is -2.39. The van der Waals surface area contributed by atoms with Crippen LogP contribution in [0.5, 0.6) is 0 Å². The van der Waals surface area contributed by atoms with Crippen molar-refractivity contribution in [2.75, 3.05) is 5.32 Å². The van der Waals surface area contributed by atoms with Crippen molar-refractivity contribution in [3.05, 3.63) is 95.6 Å². The van der Waals surface area contributed by atoms with E-state index in [4.69, 9.17) is 0 Å². The number of hydrogen-bond donors (Lipinski definition) is 1. The summed E-state index contributed by atoms with van der Waals surface area (Å²) in [7, 11) is 0. The number of benzene rings is 2. The van der Waals surface area contributed by atoms with E-state index in [9.17, 15) is 22.8 Å². The van der Waals surface area contributed by atoms with Crippen molar-refractivity contribution in [3.63, 3.8) is 0 Å². The number of hydrogen-bond acceptors (Lipinski definition) is 2. The van der Waals surface area contributed by atoms with E-state index in [1.165, 1.54) is 17.0 Å². The SMILES string of the molecule is O=C(C[n+]1ccc(C(=O)c2ccccc2)cc1)Nc1ccc(F)c(F)c1F. The Hall–Kier alpha value is -3.48. The predicted octanol–water partition coefficient (Wildman–Crippen LogP) is 3.26. The molecule has 0 saturated heterocycles. The number of carbonyl (C=O) groups is 2. The summed E-state index contributed by atoms with van der Waals surface area (Å²) in [6.45, 7) is -0.196. The minimum absolute atomic E-state index is 0.156. The second kappa shape index (κ2) is 7.82. The Morgan fingerprint density at radius 1 is 0.815 bits per heavy atom. The van der Waals surface area contributed by atoms with Gasteiger partial charge in [0.1, 0.15) is 0 Å². The summed E-state index contributed by atoms with van der Waals surface area (Å²) in [6.07, 6.45) is 3.05. The van der Waals surface area contributed by atoms with E-state index in [0.29, 0.717) is 11.1 Å². The molecule has 0 aliphatic heterocycles. The van der Waals surface area contributed by atoms with Crippen molar-refractivity contribution in [1.82, 2.24) is 0 Å². The topological polar surface area (TPSA) is 50.0 Å². The van der Waals surface area contributed by atoms with Gasteiger partial charge in [-0.15, -0.1) is 0 Å². The molecule has 136 valence electrons. The van der Waals surface area contributed by atoms with E-state index < -0.39 is 29.0 Å². The van der Waals surface area contributed by atoms with Crippen molar-refractivity contribution in [3.8, 4) is 0 Å². The summed E-state index contributed by atoms with van der Waals surface area (Å²) >= 11 is 0. The van der Waals surface area contributed by atoms with Crippen LogP contribution in [0.3, 0.4) is 0 Å². The molecule has 1 amide bonds. The molecule has 2 aromatic carbocycles. The van der Waals surface area contributed by atoms with Crippen LogP contribution in [0, 0.1) is 17.5 Å². The van der Waals surface area contributed by atoms with Crippen molar-refractivity contribution < 1.29 is 27.3 Å². The fourth-order valence-electron chi connectivity index (χ4n) is 2.45. The van der Waals surface area contributed by atoms with Gasteiger partial charge in [0.25, 0.3) is 5.91 Å². The molecule has 0 bridgehead atoms. The van der Waals surface area contributed by atoms with E-state index in [-0.39, 0.29) is 12.3 Å². The van der Waals surface area contributed by atoms with E-state index in [1.807, 2.05) is 6.07 Å². The molecular formula is C20H14F3N2O2+. The first kappa shape index (κ1) is 18.3. The van der Waals surface area contributed by atoms with Gasteiger partial charge in [0.15, 0.2) is 35.6 Å². The number of nitrogens with zero attached hydrogens (tertiary/aromatic N) is 1. The number of pyridine rings is 1. The van der Waals surface area contributed by atoms with Gasteiger partial charge in [0.2, 0.25) is 6.54 Å². The molecule has 7 heteroatoms. The molecule has 0 radical (unpaired) electrons. The zero-order valence-corrected chi connectivity index (χ0v) is 14.0. The molecule has 3 aromatic rings. The zero-order chi connectivity index (χ0) is 19.4. The summed E-state index contributed by atoms with van der Waals surface area (Å²) in [5.74, 6) is -5.23. The number of aromatic nitrogens is 1. The van der Waals surface area contributed by atoms with Crippen molar-refractivity contribution in [2.24, 2.45) is 0 Å². The highest BCUT2D eigenvalue weighted by Crippen LogP contribution is 2.19. The highest BCUT2D eigenvalue weighted by atomic mass is 19.2. The maximum atomic E-state index is 13.6. The molecule has 0 aliphatic rings. The highest BCUT2D eigenvalue weighted by Gasteiger charge is 2.17. The third-order valence-electron chi connectivity index (χ3n) is 3.82. The van der Waals surface area contributed by atoms with Gasteiger partial charge in [0, 0.05) is 23.3 Å². The van der Waals surface area contributed by atoms with Crippen LogP contribution in [0.4, 0.5) is 18.9 Å². The minimum atomic E-state index is -1.65. The van der Waals surface area contributed by atoms with Gasteiger partial charge in [-0.05, 0) is 12.1 Å². The summed E-state index contributed by atoms with van der Waals surface area (Å²) in [5, 5.41) is 2.18. The van der Waals surface area contributed by atoms with Crippen LogP contribution in [0.25, 0.3) is 0 Å². The second-order valence-electron chi connectivity index (χ2n) is 5.73. The largest absolute Gasteiger partial charge is 0.318 e. The highest BCUT2D eigenvalue weighted by molar-refractivity contribution is 6.08. The molecule has 0 spiro atoms. The van der Waals surface area contributed by atoms with Gasteiger partial charge in [-0.1, -0.05) is 30.3 Å². The van der Waals surface area contributed by atoms with Crippen LogP contribution in [0.2, 0.25) is 0 Å². The molecule has 0 atom stereocenters. The van der Waals surface area contributed by atoms with Crippen molar-refractivity contribution in [1.29, 1.82) is 0 Å². The maximum absolute atomic E-state index is 13.6. The minimum Gasteiger partial charge on any atom is -0.318 e. The van der Waals surface area contributed by atoms with Crippen molar-refractivity contribution in [2.45, 2.75) is 6.54 Å². The van der Waals surface area contributed by atoms with E-state index in [0.717, 1.165) is 12.1 Å². The number of ketones is 1. The molecular weight excluding hydrogens is 357 g/mol. The maximum Gasteiger partial charge on any atom is 0.290 e. The molecule has 1 heterocycles. The summed E-state index contributed by atoms with van der Waals surface area (Å²) in [6, 6.07) is 13.5. The van der Waals surface area contributed by atoms with E-state index in [1.54, 1.807) is 36.4 Å². The van der Waals surface area contributed by atoms with E-state index in [2.05, 4.69) is 5.32 Å². The van der Waals surface area contributed by atoms with Gasteiger partial charge in [0.05, 0.1) is 5.69 Å². The molecule has 1 aromatic heterocycles. The number of amides is 1. The quantitative estimate of drug-likeness (QED) is 0.425. The Morgan fingerprint density at radius 3 is 2.11 bits per heavy atom. The first-order valence-corrected chi connectivity index (χ1v) is 7.98. The van der Waals surface area contributed by atoms with Crippen LogP contribution in [0.1, 0.15) is 15.9 Å². The standard InChI is InChI=1S/C20H13F3N2O2/c21-15-6-7-16(19(23)18(15)22)24-17(26)12-25-10-8-14(9-11-25)20(27)13-4-2-1-3-5-13/h1-11H,12H2/p+1. The number of anilines is 1. The molecule has 27 heavy (non-hydrogen) atoms. The molecule has 0 aliphatic carbocycles. The molecule has 0 fully saturated rings. The normalized spacial score (nSPS) is 10.5. The van der Waals surface area contributed by atoms with Crippen LogP contribution in [-0.4, -0.2) is 11.7 Å². The Morgan fingerprint density at radius 2 is 1.44 bits per heavy atom. The van der Waals surface area contributed by atoms with Crippen LogP contribution in [-0.2, 0) is 11.3 Å². The van der Waals surface area contributed by atoms with Crippen LogP contribution in [0.15, 0.2) is 67.0 Å². The number of carbonyl (C=O) groups excluding carboxylic acids is 2. The van der Waals surface area contributed by atoms with E-state index >= 15 is 0 Å². The third-order valence-corrected chi connectivity index (χ3v) is 3.82. The average molecular weight is 371 g/mol. The first-order valence-electron chi connectivity index (χ1n) is 7.98. The predicted molar refractivity (Wildman–Crippen MR) is 91.5 cm³/mol. The lowest BCUT2D eigenvalue weighted by molar-refractivity contribution is -0.684. The molecule has 0 unspecified atom stereocenters. The molecule has 0 saturated carbocycles. The van der Waals surface area contributed by atoms with Crippen LogP contribution >= 0.6 is 0 Å². The van der Waals surface area contributed by atoms with Gasteiger partial charge in [-0.3, -0.25) is 9.59 Å². The lowest BCUT2D eigenvalue weighted by atomic mass is 10.0. The fourth-order valence-corrected chi connectivity index (χ4v) is 2.45. The third kappa shape index (κ3) is 4.20. The second-order valence-corrected chi connectivity index (χ2v) is 5.73.